The summed E-state index contributed by atoms with van der Waals surface area (Å²) in [6.45, 7) is 3.91. The zero-order chi connectivity index (χ0) is 53.4. The fourth-order valence-electron chi connectivity index (χ4n) is 8.15. The van der Waals surface area contributed by atoms with Gasteiger partial charge < -0.3 is 14.6 Å². The third-order valence-electron chi connectivity index (χ3n) is 12.6. The maximum Gasteiger partial charge on any atom is 0.306 e. The quantitative estimate of drug-likeness (QED) is 0.0373. The highest BCUT2D eigenvalue weighted by molar-refractivity contribution is 5.70. The number of rotatable bonds is 54. The molecule has 0 saturated carbocycles. The van der Waals surface area contributed by atoms with Crippen molar-refractivity contribution in [2.75, 3.05) is 13.2 Å². The van der Waals surface area contributed by atoms with Gasteiger partial charge in [0.15, 0.2) is 6.10 Å². The summed E-state index contributed by atoms with van der Waals surface area (Å²) in [5.74, 6) is -0.605. The number of unbranched alkanes of at least 4 members (excludes halogenated alkanes) is 22. The van der Waals surface area contributed by atoms with Crippen molar-refractivity contribution < 1.29 is 24.2 Å². The molecule has 0 aliphatic carbocycles. The summed E-state index contributed by atoms with van der Waals surface area (Å²) in [7, 11) is 0. The van der Waals surface area contributed by atoms with Crippen LogP contribution in [0, 0.1) is 0 Å². The van der Waals surface area contributed by atoms with Crippen LogP contribution in [0.25, 0.3) is 0 Å². The molecule has 0 saturated heterocycles. The van der Waals surface area contributed by atoms with Gasteiger partial charge in [-0.05, 0) is 116 Å². The number of aliphatic hydroxyl groups excluding tert-OH is 1. The molecule has 0 aromatic carbocycles. The van der Waals surface area contributed by atoms with Crippen molar-refractivity contribution in [1.29, 1.82) is 0 Å². The van der Waals surface area contributed by atoms with Gasteiger partial charge in [0.25, 0.3) is 0 Å². The van der Waals surface area contributed by atoms with Gasteiger partial charge in [0.1, 0.15) is 6.61 Å². The van der Waals surface area contributed by atoms with Crippen LogP contribution in [0.1, 0.15) is 258 Å². The number of esters is 2. The molecule has 0 aromatic rings. The first-order valence-corrected chi connectivity index (χ1v) is 30.4. The molecule has 0 aliphatic rings. The second kappa shape index (κ2) is 63.1. The van der Waals surface area contributed by atoms with Crippen LogP contribution >= 0.6 is 0 Å². The Morgan fingerprint density at radius 1 is 0.311 bits per heavy atom. The highest BCUT2D eigenvalue weighted by Crippen LogP contribution is 2.15. The molecule has 1 N–H and O–H groups in total. The third kappa shape index (κ3) is 60.3. The first kappa shape index (κ1) is 69.8. The van der Waals surface area contributed by atoms with Crippen LogP contribution < -0.4 is 0 Å². The first-order valence-electron chi connectivity index (χ1n) is 30.4. The second-order valence-corrected chi connectivity index (χ2v) is 19.7. The lowest BCUT2D eigenvalue weighted by molar-refractivity contribution is -0.161. The number of hydrogen-bond acceptors (Lipinski definition) is 5. The van der Waals surface area contributed by atoms with Gasteiger partial charge in [-0.15, -0.1) is 0 Å². The summed E-state index contributed by atoms with van der Waals surface area (Å²) in [5, 5.41) is 9.68. The van der Waals surface area contributed by atoms with Gasteiger partial charge in [-0.2, -0.15) is 0 Å². The molecular weight excluding hydrogens is 909 g/mol. The Bertz CT molecular complexity index is 1580. The van der Waals surface area contributed by atoms with Crippen molar-refractivity contribution in [2.45, 2.75) is 264 Å². The van der Waals surface area contributed by atoms with Gasteiger partial charge in [-0.25, -0.2) is 0 Å². The Morgan fingerprint density at radius 3 is 0.811 bits per heavy atom. The van der Waals surface area contributed by atoms with Crippen molar-refractivity contribution in [1.82, 2.24) is 0 Å². The van der Waals surface area contributed by atoms with Gasteiger partial charge in [0.05, 0.1) is 6.61 Å². The Hall–Kier alpha value is -4.22. The molecule has 0 heterocycles. The predicted octanol–water partition coefficient (Wildman–Crippen LogP) is 21.0. The van der Waals surface area contributed by atoms with Crippen molar-refractivity contribution in [3.05, 3.63) is 146 Å². The Morgan fingerprint density at radius 2 is 0.541 bits per heavy atom. The molecule has 0 aliphatic heterocycles. The van der Waals surface area contributed by atoms with E-state index in [1.54, 1.807) is 0 Å². The van der Waals surface area contributed by atoms with Crippen LogP contribution in [0.5, 0.6) is 0 Å². The summed E-state index contributed by atoms with van der Waals surface area (Å²) >= 11 is 0. The number of allylic oxidation sites excluding steroid dienone is 24. The molecule has 1 atom stereocenters. The van der Waals surface area contributed by atoms with E-state index < -0.39 is 6.10 Å². The van der Waals surface area contributed by atoms with Crippen LogP contribution in [0.4, 0.5) is 0 Å². The maximum atomic E-state index is 12.3. The fourth-order valence-corrected chi connectivity index (χ4v) is 8.15. The fraction of sp³-hybridized carbons (Fsp3) is 0.623. The van der Waals surface area contributed by atoms with E-state index in [1.165, 1.54) is 109 Å². The number of carbonyl (C=O) groups excluding carboxylic acids is 2. The van der Waals surface area contributed by atoms with Gasteiger partial charge in [0.2, 0.25) is 0 Å². The van der Waals surface area contributed by atoms with E-state index in [0.29, 0.717) is 12.8 Å². The lowest BCUT2D eigenvalue weighted by Crippen LogP contribution is -2.28. The van der Waals surface area contributed by atoms with E-state index in [-0.39, 0.29) is 25.2 Å². The number of hydrogen-bond donors (Lipinski definition) is 1. The van der Waals surface area contributed by atoms with E-state index in [1.807, 2.05) is 0 Å². The Labute approximate surface area is 457 Å². The topological polar surface area (TPSA) is 72.8 Å². The first-order chi connectivity index (χ1) is 36.6. The summed E-state index contributed by atoms with van der Waals surface area (Å²) in [4.78, 5) is 24.6. The molecular formula is C69H112O5. The van der Waals surface area contributed by atoms with Crippen molar-refractivity contribution in [3.63, 3.8) is 0 Å². The summed E-state index contributed by atoms with van der Waals surface area (Å²) in [6.07, 6.45) is 95.4. The van der Waals surface area contributed by atoms with E-state index in [2.05, 4.69) is 160 Å². The minimum atomic E-state index is -0.787. The van der Waals surface area contributed by atoms with Crippen molar-refractivity contribution in [2.24, 2.45) is 0 Å². The maximum absolute atomic E-state index is 12.3. The van der Waals surface area contributed by atoms with Crippen LogP contribution in [0.3, 0.4) is 0 Å². The standard InChI is InChI=1S/C69H112O5/c1-3-5-7-9-11-13-15-17-19-21-23-25-27-29-31-32-33-34-35-36-38-40-42-44-46-48-50-52-54-56-58-60-62-64-69(72)74-67(65-70)66-73-68(71)63-61-59-57-55-53-51-49-47-45-43-41-39-37-30-28-26-24-22-20-18-16-14-12-10-8-6-4-2/h5-8,11-14,17-20,23-26,29-31,33-34,37,41,43,67,70H,3-4,9-10,15-16,21-22,27-28,32,35-36,38-40,42,44-66H2,1-2H3/b7-5-,8-6-,13-11-,14-12-,19-17-,20-18-,25-23-,26-24-,31-29-,34-33-,37-30-,43-41-. The van der Waals surface area contributed by atoms with Crippen LogP contribution in [-0.4, -0.2) is 36.4 Å². The third-order valence-corrected chi connectivity index (χ3v) is 12.6. The largest absolute Gasteiger partial charge is 0.462 e. The molecule has 0 spiro atoms. The monoisotopic (exact) mass is 1020 g/mol. The van der Waals surface area contributed by atoms with Crippen molar-refractivity contribution in [3.8, 4) is 0 Å². The second-order valence-electron chi connectivity index (χ2n) is 19.7. The molecule has 5 nitrogen and oxygen atoms in total. The molecule has 0 rings (SSSR count). The Balaban J connectivity index is 3.55. The zero-order valence-electron chi connectivity index (χ0n) is 47.8. The Kier molecular flexibility index (Phi) is 59.5. The molecule has 0 amide bonds. The molecule has 0 fully saturated rings. The average Bonchev–Trinajstić information content (AvgIpc) is 3.40. The predicted molar refractivity (Wildman–Crippen MR) is 324 cm³/mol. The molecule has 1 unspecified atom stereocenters. The minimum absolute atomic E-state index is 0.0780. The smallest absolute Gasteiger partial charge is 0.306 e. The van der Waals surface area contributed by atoms with Crippen LogP contribution in [0.15, 0.2) is 146 Å². The molecule has 418 valence electrons. The number of aliphatic hydroxyl groups is 1. The number of ether oxygens (including phenoxy) is 2. The molecule has 5 heteroatoms. The highest BCUT2D eigenvalue weighted by Gasteiger charge is 2.16. The average molecular weight is 1020 g/mol. The summed E-state index contributed by atoms with van der Waals surface area (Å²) in [6, 6.07) is 0. The summed E-state index contributed by atoms with van der Waals surface area (Å²) < 4.78 is 10.7. The van der Waals surface area contributed by atoms with Crippen LogP contribution in [-0.2, 0) is 19.1 Å². The molecule has 74 heavy (non-hydrogen) atoms. The van der Waals surface area contributed by atoms with Crippen LogP contribution in [0.2, 0.25) is 0 Å². The molecule has 0 radical (unpaired) electrons. The van der Waals surface area contributed by atoms with E-state index in [9.17, 15) is 14.7 Å². The van der Waals surface area contributed by atoms with Gasteiger partial charge in [-0.3, -0.25) is 9.59 Å². The van der Waals surface area contributed by atoms with Gasteiger partial charge in [-0.1, -0.05) is 275 Å². The summed E-state index contributed by atoms with van der Waals surface area (Å²) in [5.41, 5.74) is 0. The van der Waals surface area contributed by atoms with Crippen molar-refractivity contribution >= 4 is 11.9 Å². The number of carbonyl (C=O) groups is 2. The van der Waals surface area contributed by atoms with E-state index >= 15 is 0 Å². The van der Waals surface area contributed by atoms with E-state index in [4.69, 9.17) is 9.47 Å². The van der Waals surface area contributed by atoms with Gasteiger partial charge >= 0.3 is 11.9 Å². The minimum Gasteiger partial charge on any atom is -0.462 e. The lowest BCUT2D eigenvalue weighted by atomic mass is 10.0. The zero-order valence-corrected chi connectivity index (χ0v) is 47.8. The molecule has 0 aromatic heterocycles. The highest BCUT2D eigenvalue weighted by atomic mass is 16.6. The molecule has 0 bridgehead atoms. The normalized spacial score (nSPS) is 13.3. The SMILES string of the molecule is CC/C=C\C/C=C\C/C=C\C/C=C\C/C=C\C/C=C\CCCCCCCCCCCCCCCCC(=O)OC(CO)COC(=O)CCCCCCCCCC/C=C\C/C=C\C/C=C\C/C=C\C/C=C\C/C=C\CC. The van der Waals surface area contributed by atoms with Gasteiger partial charge in [0, 0.05) is 12.8 Å². The lowest BCUT2D eigenvalue weighted by Gasteiger charge is -2.15. The van der Waals surface area contributed by atoms with E-state index in [0.717, 1.165) is 122 Å².